The van der Waals surface area contributed by atoms with Crippen molar-refractivity contribution >= 4 is 29.3 Å². The van der Waals surface area contributed by atoms with Crippen LogP contribution >= 0.6 is 11.6 Å². The van der Waals surface area contributed by atoms with Gasteiger partial charge in [0.15, 0.2) is 0 Å². The molecular weight excluding hydrogens is 506 g/mol. The minimum Gasteiger partial charge on any atom is -0.342 e. The highest BCUT2D eigenvalue weighted by molar-refractivity contribution is 6.23. The molecule has 1 saturated heterocycles. The second-order valence-corrected chi connectivity index (χ2v) is 11.0. The fraction of sp³-hybridized carbons (Fsp3) is 0.593. The molecule has 5 N–H and O–H groups in total. The van der Waals surface area contributed by atoms with E-state index in [-0.39, 0.29) is 35.7 Å². The summed E-state index contributed by atoms with van der Waals surface area (Å²) in [6, 6.07) is -0.0356. The maximum atomic E-state index is 13.5. The fourth-order valence-electron chi connectivity index (χ4n) is 5.75. The lowest BCUT2D eigenvalue weighted by atomic mass is 9.82. The smallest absolute Gasteiger partial charge is 0.261 e. The highest BCUT2D eigenvalue weighted by atomic mass is 35.5. The normalized spacial score (nSPS) is 27.2. The summed E-state index contributed by atoms with van der Waals surface area (Å²) in [6.07, 6.45) is 13.0. The van der Waals surface area contributed by atoms with Gasteiger partial charge in [-0.15, -0.1) is 11.6 Å². The molecule has 1 fully saturated rings. The van der Waals surface area contributed by atoms with Gasteiger partial charge < -0.3 is 15.5 Å². The number of hydrogen-bond donors (Lipinski definition) is 4. The Labute approximate surface area is 228 Å². The number of nitrogens with zero attached hydrogens (tertiary/aromatic N) is 3. The number of fused-ring (bicyclic) bond motifs is 1. The average molecular weight is 544 g/mol. The van der Waals surface area contributed by atoms with Crippen molar-refractivity contribution in [3.8, 4) is 0 Å². The maximum Gasteiger partial charge on any atom is 0.261 e. The molecule has 0 saturated carbocycles. The van der Waals surface area contributed by atoms with Crippen molar-refractivity contribution in [2.75, 3.05) is 26.2 Å². The van der Waals surface area contributed by atoms with Gasteiger partial charge in [-0.2, -0.15) is 5.53 Å². The van der Waals surface area contributed by atoms with E-state index in [0.717, 1.165) is 42.7 Å². The molecule has 0 aromatic rings. The molecule has 2 aliphatic carbocycles. The van der Waals surface area contributed by atoms with Gasteiger partial charge in [0.1, 0.15) is 6.54 Å². The molecule has 38 heavy (non-hydrogen) atoms. The first-order valence-electron chi connectivity index (χ1n) is 13.5. The number of allylic oxidation sites excluding steroid dienone is 4. The minimum atomic E-state index is -0.516. The molecule has 4 atom stereocenters. The largest absolute Gasteiger partial charge is 0.342 e. The maximum absolute atomic E-state index is 13.5. The number of halogens is 1. The summed E-state index contributed by atoms with van der Waals surface area (Å²) >= 11 is 6.84. The van der Waals surface area contributed by atoms with Crippen LogP contribution in [0.3, 0.4) is 0 Å². The summed E-state index contributed by atoms with van der Waals surface area (Å²) in [6.45, 7) is 3.85. The number of alkyl halides is 1. The standard InChI is InChI=1S/C27H38ClN7O3/c1-2-9-35(16-25(36)32-33-30)27(38)20-13-19-12-17(6-8-23(19)31-24(29)15-20)21-7-5-18(14-22(21)28)26(37)34-10-3-4-11-34/h6-7,12-13,18,22-24,31H,2-5,8-11,14-16,29H2,1H3,(H2,30,32,36). The SMILES string of the molecule is CCCN(CC(=O)NN=N)C(=O)C1=CC2=CC(C3=CCC(C(=O)N4CCCC4)CC3Cl)=CCC2NC(N)C1. The van der Waals surface area contributed by atoms with Gasteiger partial charge in [0.25, 0.3) is 5.91 Å². The lowest BCUT2D eigenvalue weighted by Gasteiger charge is -2.31. The van der Waals surface area contributed by atoms with E-state index in [4.69, 9.17) is 22.9 Å². The monoisotopic (exact) mass is 543 g/mol. The van der Waals surface area contributed by atoms with Crippen LogP contribution in [0.15, 0.2) is 51.8 Å². The Morgan fingerprint density at radius 3 is 2.68 bits per heavy atom. The predicted octanol–water partition coefficient (Wildman–Crippen LogP) is 2.68. The van der Waals surface area contributed by atoms with Crippen LogP contribution in [-0.2, 0) is 14.4 Å². The number of hydrogen-bond acceptors (Lipinski definition) is 7. The van der Waals surface area contributed by atoms with E-state index in [1.165, 1.54) is 4.90 Å². The van der Waals surface area contributed by atoms with Crippen LogP contribution in [-0.4, -0.2) is 71.3 Å². The van der Waals surface area contributed by atoms with Crippen molar-refractivity contribution in [2.24, 2.45) is 16.9 Å². The van der Waals surface area contributed by atoms with Crippen molar-refractivity contribution in [3.63, 3.8) is 0 Å². The van der Waals surface area contributed by atoms with Gasteiger partial charge in [0.2, 0.25) is 11.8 Å². The van der Waals surface area contributed by atoms with Crippen LogP contribution in [0.25, 0.3) is 0 Å². The van der Waals surface area contributed by atoms with Gasteiger partial charge in [-0.25, -0.2) is 5.43 Å². The number of carbonyl (C=O) groups is 3. The van der Waals surface area contributed by atoms with Crippen LogP contribution in [0.2, 0.25) is 0 Å². The first kappa shape index (κ1) is 28.2. The van der Waals surface area contributed by atoms with Crippen molar-refractivity contribution in [3.05, 3.63) is 46.6 Å². The Balaban J connectivity index is 1.53. The van der Waals surface area contributed by atoms with Crippen molar-refractivity contribution in [1.29, 1.82) is 5.53 Å². The third-order valence-corrected chi connectivity index (χ3v) is 8.03. The van der Waals surface area contributed by atoms with E-state index in [0.29, 0.717) is 44.2 Å². The lowest BCUT2D eigenvalue weighted by Crippen LogP contribution is -2.45. The Morgan fingerprint density at radius 2 is 2.00 bits per heavy atom. The number of nitrogens with two attached hydrogens (primary N) is 1. The van der Waals surface area contributed by atoms with Crippen molar-refractivity contribution in [2.45, 2.75) is 69.5 Å². The molecular formula is C27H38ClN7O3. The van der Waals surface area contributed by atoms with Crippen molar-refractivity contribution in [1.82, 2.24) is 20.5 Å². The van der Waals surface area contributed by atoms with Gasteiger partial charge in [-0.05, 0) is 61.3 Å². The first-order chi connectivity index (χ1) is 18.3. The molecule has 0 spiro atoms. The summed E-state index contributed by atoms with van der Waals surface area (Å²) < 4.78 is 0. The van der Waals surface area contributed by atoms with E-state index in [2.05, 4.69) is 34.2 Å². The van der Waals surface area contributed by atoms with Gasteiger partial charge >= 0.3 is 0 Å². The summed E-state index contributed by atoms with van der Waals surface area (Å²) in [5, 5.41) is 6.06. The summed E-state index contributed by atoms with van der Waals surface area (Å²) in [4.78, 5) is 41.8. The van der Waals surface area contributed by atoms with E-state index < -0.39 is 12.1 Å². The predicted molar refractivity (Wildman–Crippen MR) is 145 cm³/mol. The highest BCUT2D eigenvalue weighted by Gasteiger charge is 2.34. The molecule has 4 unspecified atom stereocenters. The summed E-state index contributed by atoms with van der Waals surface area (Å²) in [5.74, 6) is -0.626. The third kappa shape index (κ3) is 6.59. The average Bonchev–Trinajstić information content (AvgIpc) is 3.37. The zero-order valence-corrected chi connectivity index (χ0v) is 22.7. The third-order valence-electron chi connectivity index (χ3n) is 7.62. The molecule has 11 heteroatoms. The van der Waals surface area contributed by atoms with Gasteiger partial charge in [-0.3, -0.25) is 19.7 Å². The van der Waals surface area contributed by atoms with Crippen LogP contribution < -0.4 is 16.5 Å². The highest BCUT2D eigenvalue weighted by Crippen LogP contribution is 2.37. The van der Waals surface area contributed by atoms with Crippen LogP contribution in [0, 0.1) is 11.4 Å². The molecule has 2 heterocycles. The van der Waals surface area contributed by atoms with E-state index in [9.17, 15) is 14.4 Å². The van der Waals surface area contributed by atoms with E-state index in [1.807, 2.05) is 17.9 Å². The number of nitrogens with one attached hydrogen (secondary N) is 3. The van der Waals surface area contributed by atoms with Gasteiger partial charge in [0.05, 0.1) is 11.5 Å². The van der Waals surface area contributed by atoms with Crippen molar-refractivity contribution < 1.29 is 14.4 Å². The first-order valence-corrected chi connectivity index (χ1v) is 14.0. The van der Waals surface area contributed by atoms with Gasteiger partial charge in [0, 0.05) is 43.6 Å². The molecule has 206 valence electrons. The lowest BCUT2D eigenvalue weighted by molar-refractivity contribution is -0.134. The second kappa shape index (κ2) is 12.8. The zero-order valence-electron chi connectivity index (χ0n) is 21.9. The van der Waals surface area contributed by atoms with Crippen LogP contribution in [0.4, 0.5) is 0 Å². The fourth-order valence-corrected chi connectivity index (χ4v) is 6.18. The molecule has 0 bridgehead atoms. The molecule has 0 aromatic heterocycles. The zero-order chi connectivity index (χ0) is 27.2. The van der Waals surface area contributed by atoms with E-state index in [1.54, 1.807) is 0 Å². The Hall–Kier alpha value is -2.82. The molecule has 0 aromatic carbocycles. The Kier molecular flexibility index (Phi) is 9.51. The van der Waals surface area contributed by atoms with Crippen LogP contribution in [0.1, 0.15) is 51.9 Å². The number of likely N-dealkylation sites (tertiary alicyclic amines) is 1. The minimum absolute atomic E-state index is 0.0356. The topological polar surface area (TPSA) is 144 Å². The molecule has 3 amide bonds. The Bertz CT molecular complexity index is 1080. The molecule has 4 rings (SSSR count). The summed E-state index contributed by atoms with van der Waals surface area (Å²) in [7, 11) is 0. The Morgan fingerprint density at radius 1 is 1.24 bits per heavy atom. The number of carbonyl (C=O) groups excluding carboxylic acids is 3. The van der Waals surface area contributed by atoms with E-state index >= 15 is 0 Å². The quantitative estimate of drug-likeness (QED) is 0.211. The molecule has 2 aliphatic heterocycles. The number of amides is 3. The molecule has 0 radical (unpaired) electrons. The van der Waals surface area contributed by atoms with Gasteiger partial charge in [-0.1, -0.05) is 30.4 Å². The second-order valence-electron chi connectivity index (χ2n) is 10.4. The molecule has 10 nitrogen and oxygen atoms in total. The number of rotatable bonds is 8. The molecule has 4 aliphatic rings. The summed E-state index contributed by atoms with van der Waals surface area (Å²) in [5.41, 5.74) is 18.8. The van der Waals surface area contributed by atoms with Crippen LogP contribution in [0.5, 0.6) is 0 Å².